The van der Waals surface area contributed by atoms with Gasteiger partial charge in [-0.2, -0.15) is 13.2 Å². The predicted molar refractivity (Wildman–Crippen MR) is 65.3 cm³/mol. The zero-order valence-electron chi connectivity index (χ0n) is 10.8. The summed E-state index contributed by atoms with van der Waals surface area (Å²) in [6, 6.07) is 1.83. The third-order valence-corrected chi connectivity index (χ3v) is 3.80. The minimum Gasteiger partial charge on any atom is -0.273 e. The number of halogens is 4. The average Bonchev–Trinajstić information content (AvgIpc) is 3.05. The smallest absolute Gasteiger partial charge is 0.273 e. The van der Waals surface area contributed by atoms with Crippen molar-refractivity contribution in [3.63, 3.8) is 0 Å². The molecule has 4 nitrogen and oxygen atoms in total. The Bertz CT molecular complexity index is 693. The van der Waals surface area contributed by atoms with E-state index in [0.717, 1.165) is 12.3 Å². The van der Waals surface area contributed by atoms with E-state index >= 15 is 0 Å². The lowest BCUT2D eigenvalue weighted by Gasteiger charge is -2.17. The van der Waals surface area contributed by atoms with Gasteiger partial charge < -0.3 is 0 Å². The minimum atomic E-state index is -4.75. The highest BCUT2D eigenvalue weighted by molar-refractivity contribution is 7.89. The van der Waals surface area contributed by atoms with Crippen LogP contribution in [0.3, 0.4) is 0 Å². The van der Waals surface area contributed by atoms with Gasteiger partial charge in [-0.25, -0.2) is 12.8 Å². The van der Waals surface area contributed by atoms with Gasteiger partial charge in [-0.15, -0.1) is 0 Å². The van der Waals surface area contributed by atoms with Gasteiger partial charge in [0.2, 0.25) is 15.9 Å². The van der Waals surface area contributed by atoms with Crippen LogP contribution in [0.25, 0.3) is 0 Å². The Hall–Kier alpha value is -1.64. The Morgan fingerprint density at radius 1 is 1.24 bits per heavy atom. The van der Waals surface area contributed by atoms with Crippen LogP contribution in [-0.2, 0) is 26.4 Å². The van der Waals surface area contributed by atoms with Gasteiger partial charge in [-0.05, 0) is 36.6 Å². The van der Waals surface area contributed by atoms with Crippen molar-refractivity contribution >= 4 is 15.9 Å². The number of hydrogen-bond donors (Lipinski definition) is 1. The van der Waals surface area contributed by atoms with E-state index in [-0.39, 0.29) is 18.4 Å². The summed E-state index contributed by atoms with van der Waals surface area (Å²) in [6.07, 6.45) is -3.67. The maximum atomic E-state index is 13.4. The van der Waals surface area contributed by atoms with Crippen LogP contribution >= 0.6 is 0 Å². The summed E-state index contributed by atoms with van der Waals surface area (Å²) >= 11 is 0. The molecule has 1 amide bonds. The van der Waals surface area contributed by atoms with Crippen molar-refractivity contribution in [2.45, 2.75) is 24.4 Å². The first-order valence-corrected chi connectivity index (χ1v) is 7.74. The summed E-state index contributed by atoms with van der Waals surface area (Å²) in [6.45, 7) is 0. The van der Waals surface area contributed by atoms with Crippen molar-refractivity contribution in [3.8, 4) is 0 Å². The largest absolute Gasteiger partial charge is 0.416 e. The molecule has 0 heterocycles. The predicted octanol–water partition coefficient (Wildman–Crippen LogP) is 1.95. The molecule has 116 valence electrons. The molecular weight excluding hydrogens is 314 g/mol. The van der Waals surface area contributed by atoms with E-state index in [2.05, 4.69) is 0 Å². The number of sulfonamides is 1. The molecule has 0 bridgehead atoms. The number of amides is 1. The Labute approximate surface area is 118 Å². The Kier molecular flexibility index (Phi) is 3.51. The second-order valence-electron chi connectivity index (χ2n) is 5.01. The highest BCUT2D eigenvalue weighted by Crippen LogP contribution is 2.49. The SMILES string of the molecule is CS(=O)(=O)NC(=O)C1(c2cc(F)cc(C(F)(F)F)c2)CC1. The molecule has 0 spiro atoms. The van der Waals surface area contributed by atoms with Gasteiger partial charge in [0, 0.05) is 0 Å². The van der Waals surface area contributed by atoms with Crippen LogP contribution < -0.4 is 4.72 Å². The molecule has 21 heavy (non-hydrogen) atoms. The first kappa shape index (κ1) is 15.7. The van der Waals surface area contributed by atoms with Crippen molar-refractivity contribution in [2.24, 2.45) is 0 Å². The molecule has 0 unspecified atom stereocenters. The third kappa shape index (κ3) is 3.34. The van der Waals surface area contributed by atoms with Crippen LogP contribution in [0.15, 0.2) is 18.2 Å². The number of hydrogen-bond acceptors (Lipinski definition) is 3. The fourth-order valence-electron chi connectivity index (χ4n) is 2.07. The molecule has 9 heteroatoms. The Balaban J connectivity index is 2.42. The first-order chi connectivity index (χ1) is 9.44. The molecule has 1 aliphatic carbocycles. The van der Waals surface area contributed by atoms with E-state index in [9.17, 15) is 30.8 Å². The van der Waals surface area contributed by atoms with E-state index in [1.165, 1.54) is 0 Å². The van der Waals surface area contributed by atoms with Crippen molar-refractivity contribution in [3.05, 3.63) is 35.1 Å². The average molecular weight is 325 g/mol. The highest BCUT2D eigenvalue weighted by Gasteiger charge is 2.52. The fourth-order valence-corrected chi connectivity index (χ4v) is 2.60. The summed E-state index contributed by atoms with van der Waals surface area (Å²) in [7, 11) is -3.84. The molecule has 0 aromatic heterocycles. The standard InChI is InChI=1S/C12H11F4NO3S/c1-21(19,20)17-10(18)11(2-3-11)7-4-8(12(14,15)16)6-9(13)5-7/h4-6H,2-3H2,1H3,(H,17,18). The van der Waals surface area contributed by atoms with Crippen molar-refractivity contribution in [1.82, 2.24) is 4.72 Å². The van der Waals surface area contributed by atoms with Crippen molar-refractivity contribution in [1.29, 1.82) is 0 Å². The van der Waals surface area contributed by atoms with Crippen LogP contribution in [0.2, 0.25) is 0 Å². The van der Waals surface area contributed by atoms with Gasteiger partial charge in [-0.1, -0.05) is 0 Å². The first-order valence-electron chi connectivity index (χ1n) is 5.84. The molecule has 0 atom stereocenters. The summed E-state index contributed by atoms with van der Waals surface area (Å²) in [5, 5.41) is 0. The van der Waals surface area contributed by atoms with Crippen LogP contribution in [0.1, 0.15) is 24.0 Å². The maximum Gasteiger partial charge on any atom is 0.416 e. The molecule has 1 aromatic carbocycles. The Morgan fingerprint density at radius 3 is 2.24 bits per heavy atom. The lowest BCUT2D eigenvalue weighted by atomic mass is 9.93. The van der Waals surface area contributed by atoms with Crippen molar-refractivity contribution in [2.75, 3.05) is 6.26 Å². The number of benzene rings is 1. The van der Waals surface area contributed by atoms with Gasteiger partial charge in [-0.3, -0.25) is 9.52 Å². The normalized spacial score (nSPS) is 17.4. The van der Waals surface area contributed by atoms with Gasteiger partial charge in [0.1, 0.15) is 5.82 Å². The molecule has 1 saturated carbocycles. The molecule has 0 aliphatic heterocycles. The third-order valence-electron chi connectivity index (χ3n) is 3.24. The summed E-state index contributed by atoms with van der Waals surface area (Å²) in [5.74, 6) is -2.07. The van der Waals surface area contributed by atoms with Gasteiger partial charge in [0.15, 0.2) is 0 Å². The van der Waals surface area contributed by atoms with Crippen LogP contribution in [0.5, 0.6) is 0 Å². The van der Waals surface area contributed by atoms with Gasteiger partial charge in [0.25, 0.3) is 0 Å². The van der Waals surface area contributed by atoms with Crippen LogP contribution in [0, 0.1) is 5.82 Å². The highest BCUT2D eigenvalue weighted by atomic mass is 32.2. The second kappa shape index (κ2) is 4.69. The number of nitrogens with one attached hydrogen (secondary N) is 1. The van der Waals surface area contributed by atoms with E-state index in [4.69, 9.17) is 0 Å². The lowest BCUT2D eigenvalue weighted by molar-refractivity contribution is -0.138. The number of carbonyl (C=O) groups excluding carboxylic acids is 1. The van der Waals surface area contributed by atoms with E-state index in [1.807, 2.05) is 0 Å². The van der Waals surface area contributed by atoms with Crippen molar-refractivity contribution < 1.29 is 30.8 Å². The van der Waals surface area contributed by atoms with E-state index in [0.29, 0.717) is 12.1 Å². The molecule has 2 rings (SSSR count). The zero-order valence-corrected chi connectivity index (χ0v) is 11.6. The quantitative estimate of drug-likeness (QED) is 0.864. The molecular formula is C12H11F4NO3S. The summed E-state index contributed by atoms with van der Waals surface area (Å²) in [5.41, 5.74) is -2.79. The molecule has 0 saturated heterocycles. The molecule has 1 N–H and O–H groups in total. The van der Waals surface area contributed by atoms with Gasteiger partial charge in [0.05, 0.1) is 17.2 Å². The number of rotatable bonds is 3. The fraction of sp³-hybridized carbons (Fsp3) is 0.417. The lowest BCUT2D eigenvalue weighted by Crippen LogP contribution is -2.38. The van der Waals surface area contributed by atoms with Crippen LogP contribution in [-0.4, -0.2) is 20.6 Å². The second-order valence-corrected chi connectivity index (χ2v) is 6.76. The van der Waals surface area contributed by atoms with Crippen LogP contribution in [0.4, 0.5) is 17.6 Å². The molecule has 1 fully saturated rings. The maximum absolute atomic E-state index is 13.4. The zero-order chi connectivity index (χ0) is 16.1. The molecule has 0 radical (unpaired) electrons. The minimum absolute atomic E-state index is 0.162. The van der Waals surface area contributed by atoms with E-state index < -0.39 is 38.9 Å². The summed E-state index contributed by atoms with van der Waals surface area (Å²) < 4.78 is 75.2. The Morgan fingerprint density at radius 2 is 1.81 bits per heavy atom. The van der Waals surface area contributed by atoms with E-state index in [1.54, 1.807) is 4.72 Å². The monoisotopic (exact) mass is 325 g/mol. The molecule has 1 aromatic rings. The topological polar surface area (TPSA) is 63.2 Å². The number of carbonyl (C=O) groups is 1. The number of alkyl halides is 3. The summed E-state index contributed by atoms with van der Waals surface area (Å²) in [4.78, 5) is 11.9. The van der Waals surface area contributed by atoms with Gasteiger partial charge >= 0.3 is 6.18 Å². The molecule has 1 aliphatic rings.